The van der Waals surface area contributed by atoms with Gasteiger partial charge in [0.05, 0.1) is 32.7 Å². The van der Waals surface area contributed by atoms with Crippen molar-refractivity contribution in [2.45, 2.75) is 18.5 Å². The van der Waals surface area contributed by atoms with Gasteiger partial charge in [0, 0.05) is 17.3 Å². The molecule has 0 saturated carbocycles. The SMILES string of the molecule is COC(=O)CC1N=C2C=CC=CC2C(Nc2ccccc2)C1C(=O)OC. The first-order valence-electron chi connectivity index (χ1n) is 8.53. The maximum Gasteiger partial charge on any atom is 0.312 e. The number of carbonyl (C=O) groups excluding carboxylic acids is 2. The van der Waals surface area contributed by atoms with E-state index in [0.29, 0.717) is 0 Å². The molecule has 26 heavy (non-hydrogen) atoms. The van der Waals surface area contributed by atoms with E-state index in [2.05, 4.69) is 10.3 Å². The van der Waals surface area contributed by atoms with Crippen LogP contribution in [0, 0.1) is 11.8 Å². The van der Waals surface area contributed by atoms with Crippen molar-refractivity contribution in [1.29, 1.82) is 0 Å². The van der Waals surface area contributed by atoms with E-state index in [1.807, 2.05) is 54.6 Å². The monoisotopic (exact) mass is 354 g/mol. The Morgan fingerprint density at radius 1 is 1.12 bits per heavy atom. The third-order valence-corrected chi connectivity index (χ3v) is 4.73. The van der Waals surface area contributed by atoms with Crippen molar-refractivity contribution in [2.75, 3.05) is 19.5 Å². The molecule has 0 fully saturated rings. The number of carbonyl (C=O) groups is 2. The smallest absolute Gasteiger partial charge is 0.312 e. The molecule has 1 N–H and O–H groups in total. The van der Waals surface area contributed by atoms with Gasteiger partial charge in [-0.1, -0.05) is 36.4 Å². The molecule has 1 aliphatic heterocycles. The lowest BCUT2D eigenvalue weighted by Gasteiger charge is -2.40. The van der Waals surface area contributed by atoms with Gasteiger partial charge in [0.15, 0.2) is 0 Å². The lowest BCUT2D eigenvalue weighted by atomic mass is 9.75. The third-order valence-electron chi connectivity index (χ3n) is 4.73. The van der Waals surface area contributed by atoms with Gasteiger partial charge in [0.25, 0.3) is 0 Å². The van der Waals surface area contributed by atoms with Gasteiger partial charge in [-0.3, -0.25) is 14.6 Å². The maximum absolute atomic E-state index is 12.6. The van der Waals surface area contributed by atoms with E-state index in [9.17, 15) is 9.59 Å². The van der Waals surface area contributed by atoms with Crippen molar-refractivity contribution in [3.8, 4) is 0 Å². The van der Waals surface area contributed by atoms with E-state index in [1.165, 1.54) is 14.2 Å². The minimum Gasteiger partial charge on any atom is -0.469 e. The highest BCUT2D eigenvalue weighted by atomic mass is 16.5. The van der Waals surface area contributed by atoms with E-state index in [0.717, 1.165) is 11.4 Å². The van der Waals surface area contributed by atoms with Gasteiger partial charge in [-0.15, -0.1) is 0 Å². The average molecular weight is 354 g/mol. The second-order valence-corrected chi connectivity index (χ2v) is 6.26. The lowest BCUT2D eigenvalue weighted by molar-refractivity contribution is -0.148. The molecular weight excluding hydrogens is 332 g/mol. The van der Waals surface area contributed by atoms with E-state index < -0.39 is 23.9 Å². The second kappa shape index (κ2) is 7.99. The normalized spacial score (nSPS) is 26.5. The largest absolute Gasteiger partial charge is 0.469 e. The number of aliphatic imine (C=N–C) groups is 1. The molecule has 0 aromatic heterocycles. The Morgan fingerprint density at radius 3 is 2.58 bits per heavy atom. The lowest BCUT2D eigenvalue weighted by Crippen LogP contribution is -2.52. The number of hydrogen-bond acceptors (Lipinski definition) is 6. The van der Waals surface area contributed by atoms with Crippen molar-refractivity contribution in [3.05, 3.63) is 54.6 Å². The van der Waals surface area contributed by atoms with Crippen LogP contribution in [0.25, 0.3) is 0 Å². The number of rotatable bonds is 5. The van der Waals surface area contributed by atoms with Crippen LogP contribution in [-0.2, 0) is 19.1 Å². The first-order valence-corrected chi connectivity index (χ1v) is 8.53. The first-order chi connectivity index (χ1) is 12.6. The van der Waals surface area contributed by atoms with Gasteiger partial charge >= 0.3 is 11.9 Å². The highest BCUT2D eigenvalue weighted by molar-refractivity contribution is 6.02. The zero-order valence-corrected chi connectivity index (χ0v) is 14.8. The van der Waals surface area contributed by atoms with Crippen LogP contribution in [0.3, 0.4) is 0 Å². The number of anilines is 1. The van der Waals surface area contributed by atoms with Crippen LogP contribution in [0.5, 0.6) is 0 Å². The summed E-state index contributed by atoms with van der Waals surface area (Å²) in [6.45, 7) is 0. The zero-order chi connectivity index (χ0) is 18.5. The summed E-state index contributed by atoms with van der Waals surface area (Å²) in [6.07, 6.45) is 7.81. The van der Waals surface area contributed by atoms with Crippen LogP contribution in [0.15, 0.2) is 59.6 Å². The molecule has 0 spiro atoms. The van der Waals surface area contributed by atoms with Gasteiger partial charge in [0.2, 0.25) is 0 Å². The predicted molar refractivity (Wildman–Crippen MR) is 99.0 cm³/mol. The molecule has 1 aromatic rings. The van der Waals surface area contributed by atoms with Gasteiger partial charge < -0.3 is 14.8 Å². The summed E-state index contributed by atoms with van der Waals surface area (Å²) >= 11 is 0. The molecule has 0 bridgehead atoms. The van der Waals surface area contributed by atoms with Crippen molar-refractivity contribution in [2.24, 2.45) is 16.8 Å². The number of fused-ring (bicyclic) bond motifs is 1. The Kier molecular flexibility index (Phi) is 5.51. The fourth-order valence-corrected chi connectivity index (χ4v) is 3.49. The maximum atomic E-state index is 12.6. The summed E-state index contributed by atoms with van der Waals surface area (Å²) in [7, 11) is 2.68. The van der Waals surface area contributed by atoms with Gasteiger partial charge in [-0.05, 0) is 18.2 Å². The van der Waals surface area contributed by atoms with Crippen LogP contribution in [-0.4, -0.2) is 44.0 Å². The molecule has 3 rings (SSSR count). The van der Waals surface area contributed by atoms with Crippen LogP contribution in [0.4, 0.5) is 5.69 Å². The highest BCUT2D eigenvalue weighted by Crippen LogP contribution is 2.34. The van der Waals surface area contributed by atoms with E-state index >= 15 is 0 Å². The number of benzene rings is 1. The number of esters is 2. The average Bonchev–Trinajstić information content (AvgIpc) is 2.68. The summed E-state index contributed by atoms with van der Waals surface area (Å²) in [5.41, 5.74) is 1.74. The molecule has 0 radical (unpaired) electrons. The number of allylic oxidation sites excluding steroid dienone is 3. The second-order valence-electron chi connectivity index (χ2n) is 6.26. The molecule has 1 heterocycles. The van der Waals surface area contributed by atoms with Crippen molar-refractivity contribution < 1.29 is 19.1 Å². The quantitative estimate of drug-likeness (QED) is 0.822. The fraction of sp³-hybridized carbons (Fsp3) is 0.350. The molecule has 2 aliphatic rings. The number of nitrogens with one attached hydrogen (secondary N) is 1. The van der Waals surface area contributed by atoms with Crippen molar-refractivity contribution in [3.63, 3.8) is 0 Å². The van der Waals surface area contributed by atoms with Gasteiger partial charge in [-0.2, -0.15) is 0 Å². The zero-order valence-electron chi connectivity index (χ0n) is 14.8. The molecule has 0 saturated heterocycles. The van der Waals surface area contributed by atoms with Gasteiger partial charge in [-0.25, -0.2) is 0 Å². The number of ether oxygens (including phenoxy) is 2. The van der Waals surface area contributed by atoms with Crippen molar-refractivity contribution >= 4 is 23.3 Å². The highest BCUT2D eigenvalue weighted by Gasteiger charge is 2.45. The van der Waals surface area contributed by atoms with Crippen LogP contribution >= 0.6 is 0 Å². The molecule has 6 heteroatoms. The minimum atomic E-state index is -0.607. The summed E-state index contributed by atoms with van der Waals surface area (Å²) in [6, 6.07) is 8.84. The standard InChI is InChI=1S/C20H22N2O4/c1-25-17(23)12-16-18(20(24)26-2)19(21-13-8-4-3-5-9-13)14-10-6-7-11-15(14)22-16/h3-11,14,16,18-19,21H,12H2,1-2H3. The van der Waals surface area contributed by atoms with E-state index in [-0.39, 0.29) is 18.4 Å². The first kappa shape index (κ1) is 17.9. The molecule has 4 atom stereocenters. The molecule has 4 unspecified atom stereocenters. The Hall–Kier alpha value is -2.89. The van der Waals surface area contributed by atoms with Crippen LogP contribution < -0.4 is 5.32 Å². The number of nitrogens with zero attached hydrogens (tertiary/aromatic N) is 1. The van der Waals surface area contributed by atoms with Gasteiger partial charge in [0.1, 0.15) is 5.92 Å². The van der Waals surface area contributed by atoms with Crippen LogP contribution in [0.1, 0.15) is 6.42 Å². The molecule has 6 nitrogen and oxygen atoms in total. The third kappa shape index (κ3) is 3.69. The van der Waals surface area contributed by atoms with E-state index in [1.54, 1.807) is 0 Å². The Morgan fingerprint density at radius 2 is 1.88 bits per heavy atom. The predicted octanol–water partition coefficient (Wildman–Crippen LogP) is 2.38. The number of methoxy groups -OCH3 is 2. The van der Waals surface area contributed by atoms with E-state index in [4.69, 9.17) is 9.47 Å². The molecule has 136 valence electrons. The van der Waals surface area contributed by atoms with Crippen LogP contribution in [0.2, 0.25) is 0 Å². The number of hydrogen-bond donors (Lipinski definition) is 1. The Balaban J connectivity index is 2.00. The molecular formula is C20H22N2O4. The summed E-state index contributed by atoms with van der Waals surface area (Å²) in [5.74, 6) is -1.49. The Labute approximate surface area is 152 Å². The number of para-hydroxylation sites is 1. The topological polar surface area (TPSA) is 77.0 Å². The van der Waals surface area contributed by atoms with Crippen molar-refractivity contribution in [1.82, 2.24) is 0 Å². The molecule has 1 aliphatic carbocycles. The Bertz CT molecular complexity index is 754. The molecule has 1 aromatic carbocycles. The molecule has 0 amide bonds. The summed E-state index contributed by atoms with van der Waals surface area (Å²) in [4.78, 5) is 29.1. The summed E-state index contributed by atoms with van der Waals surface area (Å²) in [5, 5.41) is 3.45. The summed E-state index contributed by atoms with van der Waals surface area (Å²) < 4.78 is 9.83. The minimum absolute atomic E-state index is 0.0248. The fourth-order valence-electron chi connectivity index (χ4n) is 3.49.